The molecule has 0 saturated carbocycles. The van der Waals surface area contributed by atoms with Crippen LogP contribution < -0.4 is 14.8 Å². The van der Waals surface area contributed by atoms with Gasteiger partial charge in [-0.25, -0.2) is 0 Å². The van der Waals surface area contributed by atoms with Crippen molar-refractivity contribution in [2.24, 2.45) is 0 Å². The number of carbonyl (C=O) groups is 1. The lowest BCUT2D eigenvalue weighted by Gasteiger charge is -2.26. The summed E-state index contributed by atoms with van der Waals surface area (Å²) in [5, 5.41) is 13.5. The van der Waals surface area contributed by atoms with Gasteiger partial charge in [0.2, 0.25) is 0 Å². The number of hydrogen-bond acceptors (Lipinski definition) is 7. The van der Waals surface area contributed by atoms with Crippen molar-refractivity contribution in [3.05, 3.63) is 69.5 Å². The fourth-order valence-corrected chi connectivity index (χ4v) is 5.27. The maximum atomic E-state index is 13.1. The molecule has 0 spiro atoms. The van der Waals surface area contributed by atoms with E-state index >= 15 is 0 Å². The van der Waals surface area contributed by atoms with Gasteiger partial charge in [0.05, 0.1) is 48.7 Å². The maximum absolute atomic E-state index is 13.1. The fraction of sp³-hybridized carbons (Fsp3) is 0.310. The number of thiophene rings is 1. The molecule has 0 aliphatic carbocycles. The van der Waals surface area contributed by atoms with Crippen LogP contribution in [0.3, 0.4) is 0 Å². The van der Waals surface area contributed by atoms with E-state index < -0.39 is 0 Å². The summed E-state index contributed by atoms with van der Waals surface area (Å²) in [6, 6.07) is 13.6. The van der Waals surface area contributed by atoms with Crippen LogP contribution in [0.1, 0.15) is 32.9 Å². The first-order chi connectivity index (χ1) is 18.6. The second-order valence-electron chi connectivity index (χ2n) is 9.12. The Bertz CT molecular complexity index is 1420. The Morgan fingerprint density at radius 2 is 2.03 bits per heavy atom. The summed E-state index contributed by atoms with van der Waals surface area (Å²) in [7, 11) is 1.62. The number of nitrogens with zero attached hydrogens (tertiary/aromatic N) is 2. The first-order valence-corrected chi connectivity index (χ1v) is 13.6. The number of nitrogens with one attached hydrogen (secondary N) is 2. The van der Waals surface area contributed by atoms with Gasteiger partial charge in [-0.3, -0.25) is 14.8 Å². The van der Waals surface area contributed by atoms with Gasteiger partial charge >= 0.3 is 0 Å². The van der Waals surface area contributed by atoms with E-state index in [2.05, 4.69) is 20.4 Å². The first-order valence-electron chi connectivity index (χ1n) is 12.7. The van der Waals surface area contributed by atoms with Crippen molar-refractivity contribution >= 4 is 46.0 Å². The standard InChI is InChI=1S/C29H32N4O4S/c1-20-10-17-38-28(20)29(34)30-25-19-27(37-14-5-11-33-12-15-36-16-13-33)26(35-2)18-21(25)8-9-24-22-6-3-4-7-23(22)31-32-24/h3-4,6-10,17-19H,5,11-16H2,1-2H3,(H,30,34)(H,31,32). The number of carbonyl (C=O) groups excluding carboxylic acids is 1. The molecule has 0 radical (unpaired) electrons. The Balaban J connectivity index is 1.39. The van der Waals surface area contributed by atoms with Gasteiger partial charge in [-0.2, -0.15) is 5.10 Å². The summed E-state index contributed by atoms with van der Waals surface area (Å²) < 4.78 is 17.2. The van der Waals surface area contributed by atoms with Crippen molar-refractivity contribution in [1.82, 2.24) is 15.1 Å². The number of aryl methyl sites for hydroxylation is 1. The Labute approximate surface area is 226 Å². The van der Waals surface area contributed by atoms with E-state index in [0.717, 1.165) is 67.0 Å². The van der Waals surface area contributed by atoms with Gasteiger partial charge < -0.3 is 19.5 Å². The summed E-state index contributed by atoms with van der Waals surface area (Å²) in [5.41, 5.74) is 4.15. The molecule has 1 amide bonds. The number of fused-ring (bicyclic) bond motifs is 1. The van der Waals surface area contributed by atoms with Crippen LogP contribution >= 0.6 is 11.3 Å². The van der Waals surface area contributed by atoms with Gasteiger partial charge in [0.25, 0.3) is 5.91 Å². The van der Waals surface area contributed by atoms with E-state index in [9.17, 15) is 4.79 Å². The van der Waals surface area contributed by atoms with Crippen LogP contribution in [0.4, 0.5) is 5.69 Å². The molecule has 0 unspecified atom stereocenters. The molecule has 2 aromatic heterocycles. The molecule has 0 atom stereocenters. The predicted octanol–water partition coefficient (Wildman–Crippen LogP) is 5.47. The molecule has 38 heavy (non-hydrogen) atoms. The van der Waals surface area contributed by atoms with Crippen LogP contribution in [0.25, 0.3) is 23.1 Å². The van der Waals surface area contributed by atoms with E-state index in [0.29, 0.717) is 28.7 Å². The Morgan fingerprint density at radius 1 is 1.18 bits per heavy atom. The van der Waals surface area contributed by atoms with Gasteiger partial charge in [0.15, 0.2) is 11.5 Å². The van der Waals surface area contributed by atoms with Gasteiger partial charge in [0, 0.05) is 36.7 Å². The molecule has 1 aliphatic heterocycles. The van der Waals surface area contributed by atoms with Crippen LogP contribution in [0.15, 0.2) is 47.8 Å². The highest BCUT2D eigenvalue weighted by Gasteiger charge is 2.17. The normalized spacial score (nSPS) is 14.3. The van der Waals surface area contributed by atoms with E-state index in [-0.39, 0.29) is 5.91 Å². The second kappa shape index (κ2) is 12.3. The zero-order valence-electron chi connectivity index (χ0n) is 21.7. The third kappa shape index (κ3) is 6.07. The summed E-state index contributed by atoms with van der Waals surface area (Å²) in [6.07, 6.45) is 4.75. The molecule has 9 heteroatoms. The second-order valence-corrected chi connectivity index (χ2v) is 10.0. The van der Waals surface area contributed by atoms with Crippen LogP contribution in [-0.2, 0) is 4.74 Å². The predicted molar refractivity (Wildman–Crippen MR) is 152 cm³/mol. The number of aromatic nitrogens is 2. The van der Waals surface area contributed by atoms with Crippen LogP contribution in [0, 0.1) is 6.92 Å². The van der Waals surface area contributed by atoms with Crippen molar-refractivity contribution in [2.75, 3.05) is 51.9 Å². The SMILES string of the molecule is COc1cc(C=Cc2n[nH]c3ccccc23)c(NC(=O)c2sccc2C)cc1OCCCN1CCOCC1. The average Bonchev–Trinajstić information content (AvgIpc) is 3.57. The molecule has 5 rings (SSSR count). The highest BCUT2D eigenvalue weighted by atomic mass is 32.1. The largest absolute Gasteiger partial charge is 0.493 e. The molecular weight excluding hydrogens is 500 g/mol. The molecule has 8 nitrogen and oxygen atoms in total. The fourth-order valence-electron chi connectivity index (χ4n) is 4.45. The molecule has 1 saturated heterocycles. The highest BCUT2D eigenvalue weighted by Crippen LogP contribution is 2.35. The number of morpholine rings is 1. The quantitative estimate of drug-likeness (QED) is 0.264. The van der Waals surface area contributed by atoms with Crippen LogP contribution in [0.2, 0.25) is 0 Å². The smallest absolute Gasteiger partial charge is 0.266 e. The van der Waals surface area contributed by atoms with E-state index in [1.165, 1.54) is 11.3 Å². The topological polar surface area (TPSA) is 88.7 Å². The minimum atomic E-state index is -0.152. The number of rotatable bonds is 10. The van der Waals surface area contributed by atoms with Crippen molar-refractivity contribution in [3.8, 4) is 11.5 Å². The van der Waals surface area contributed by atoms with Gasteiger partial charge in [-0.05, 0) is 48.6 Å². The van der Waals surface area contributed by atoms with Crippen LogP contribution in [-0.4, -0.2) is 67.6 Å². The van der Waals surface area contributed by atoms with E-state index in [1.807, 2.05) is 66.9 Å². The molecule has 1 fully saturated rings. The molecule has 1 aliphatic rings. The molecular formula is C29H32N4O4S. The van der Waals surface area contributed by atoms with Crippen LogP contribution in [0.5, 0.6) is 11.5 Å². The number of amides is 1. The molecule has 0 bridgehead atoms. The minimum Gasteiger partial charge on any atom is -0.493 e. The van der Waals surface area contributed by atoms with E-state index in [1.54, 1.807) is 7.11 Å². The monoisotopic (exact) mass is 532 g/mol. The maximum Gasteiger partial charge on any atom is 0.266 e. The van der Waals surface area contributed by atoms with Crippen molar-refractivity contribution in [3.63, 3.8) is 0 Å². The van der Waals surface area contributed by atoms with Crippen molar-refractivity contribution in [2.45, 2.75) is 13.3 Å². The number of anilines is 1. The molecule has 2 N–H and O–H groups in total. The lowest BCUT2D eigenvalue weighted by Crippen LogP contribution is -2.37. The number of ether oxygens (including phenoxy) is 3. The third-order valence-electron chi connectivity index (χ3n) is 6.55. The Morgan fingerprint density at radius 3 is 2.82 bits per heavy atom. The summed E-state index contributed by atoms with van der Waals surface area (Å²) in [4.78, 5) is 16.2. The zero-order chi connectivity index (χ0) is 26.3. The van der Waals surface area contributed by atoms with Gasteiger partial charge in [-0.15, -0.1) is 11.3 Å². The lowest BCUT2D eigenvalue weighted by molar-refractivity contribution is 0.0357. The van der Waals surface area contributed by atoms with E-state index in [4.69, 9.17) is 14.2 Å². The van der Waals surface area contributed by atoms with Crippen molar-refractivity contribution < 1.29 is 19.0 Å². The minimum absolute atomic E-state index is 0.152. The number of para-hydroxylation sites is 1. The third-order valence-corrected chi connectivity index (χ3v) is 7.57. The molecule has 198 valence electrons. The number of methoxy groups -OCH3 is 1. The number of hydrogen-bond donors (Lipinski definition) is 2. The molecule has 4 aromatic rings. The number of aromatic amines is 1. The van der Waals surface area contributed by atoms with Crippen molar-refractivity contribution in [1.29, 1.82) is 0 Å². The Hall–Kier alpha value is -3.66. The Kier molecular flexibility index (Phi) is 8.37. The highest BCUT2D eigenvalue weighted by molar-refractivity contribution is 7.12. The summed E-state index contributed by atoms with van der Waals surface area (Å²) in [5.74, 6) is 1.05. The summed E-state index contributed by atoms with van der Waals surface area (Å²) >= 11 is 1.42. The average molecular weight is 533 g/mol. The number of benzene rings is 2. The zero-order valence-corrected chi connectivity index (χ0v) is 22.5. The molecule has 2 aromatic carbocycles. The van der Waals surface area contributed by atoms with Gasteiger partial charge in [0.1, 0.15) is 0 Å². The first kappa shape index (κ1) is 26.0. The lowest BCUT2D eigenvalue weighted by atomic mass is 10.1. The molecule has 3 heterocycles. The number of H-pyrrole nitrogens is 1. The van der Waals surface area contributed by atoms with Gasteiger partial charge in [-0.1, -0.05) is 24.3 Å². The summed E-state index contributed by atoms with van der Waals surface area (Å²) in [6.45, 7) is 6.90.